The van der Waals surface area contributed by atoms with Crippen molar-refractivity contribution in [3.8, 4) is 0 Å². The van der Waals surface area contributed by atoms with Crippen LogP contribution in [0.25, 0.3) is 10.4 Å². The summed E-state index contributed by atoms with van der Waals surface area (Å²) in [5.74, 6) is -1.33. The third kappa shape index (κ3) is 4.07. The quantitative estimate of drug-likeness (QED) is 0.298. The van der Waals surface area contributed by atoms with Crippen LogP contribution in [0.15, 0.2) is 5.11 Å². The fraction of sp³-hybridized carbons (Fsp3) is 0.800. The highest BCUT2D eigenvalue weighted by Gasteiger charge is 2.46. The van der Waals surface area contributed by atoms with Gasteiger partial charge >= 0.3 is 11.9 Å². The molecule has 10 nitrogen and oxygen atoms in total. The third-order valence-electron chi connectivity index (χ3n) is 2.60. The third-order valence-corrected chi connectivity index (χ3v) is 2.60. The van der Waals surface area contributed by atoms with Crippen molar-refractivity contribution in [3.05, 3.63) is 10.4 Å². The molecule has 0 aromatic carbocycles. The van der Waals surface area contributed by atoms with Crippen LogP contribution in [0.2, 0.25) is 0 Å². The molecule has 1 saturated heterocycles. The van der Waals surface area contributed by atoms with Crippen molar-refractivity contribution in [2.45, 2.75) is 44.5 Å². The van der Waals surface area contributed by atoms with Crippen molar-refractivity contribution in [3.63, 3.8) is 0 Å². The molecule has 0 unspecified atom stereocenters. The van der Waals surface area contributed by atoms with Gasteiger partial charge in [0.1, 0.15) is 31.0 Å². The van der Waals surface area contributed by atoms with Crippen LogP contribution < -0.4 is 0 Å². The Morgan fingerprint density at radius 2 is 2.00 bits per heavy atom. The van der Waals surface area contributed by atoms with Crippen LogP contribution in [0.4, 0.5) is 0 Å². The van der Waals surface area contributed by atoms with Crippen molar-refractivity contribution in [2.75, 3.05) is 6.61 Å². The van der Waals surface area contributed by atoms with Crippen molar-refractivity contribution in [2.24, 2.45) is 5.11 Å². The van der Waals surface area contributed by atoms with E-state index in [4.69, 9.17) is 15.0 Å². The number of hydrogen-bond acceptors (Lipinski definition) is 8. The summed E-state index contributed by atoms with van der Waals surface area (Å²) in [5.41, 5.74) is 8.42. The minimum atomic E-state index is -1.60. The monoisotopic (exact) mass is 289 g/mol. The summed E-state index contributed by atoms with van der Waals surface area (Å²) in [7, 11) is 0. The van der Waals surface area contributed by atoms with E-state index in [-0.39, 0.29) is 6.61 Å². The fourth-order valence-electron chi connectivity index (χ4n) is 1.77. The maximum atomic E-state index is 11.0. The number of aliphatic hydroxyl groups is 2. The lowest BCUT2D eigenvalue weighted by atomic mass is 9.97. The zero-order valence-corrected chi connectivity index (χ0v) is 10.9. The molecule has 10 heteroatoms. The first-order valence-corrected chi connectivity index (χ1v) is 5.73. The normalized spacial score (nSPS) is 32.9. The Bertz CT molecular complexity index is 423. The number of rotatable bonds is 4. The molecule has 0 aliphatic carbocycles. The Balaban J connectivity index is 2.88. The SMILES string of the molecule is CC(=O)OC[C@H]1O[C@H](O)[C@H](N=[N+]=[N-])[C@@H](OC(C)=O)[C@@H]1O. The molecule has 1 aliphatic rings. The van der Waals surface area contributed by atoms with Gasteiger partial charge in [0.2, 0.25) is 0 Å². The minimum absolute atomic E-state index is 0.339. The number of nitrogens with zero attached hydrogens (tertiary/aromatic N) is 3. The maximum absolute atomic E-state index is 11.0. The molecule has 0 spiro atoms. The van der Waals surface area contributed by atoms with Gasteiger partial charge in [0.05, 0.1) is 0 Å². The molecule has 20 heavy (non-hydrogen) atoms. The molecular weight excluding hydrogens is 274 g/mol. The van der Waals surface area contributed by atoms with Crippen LogP contribution in [0.1, 0.15) is 13.8 Å². The number of azide groups is 1. The van der Waals surface area contributed by atoms with Crippen molar-refractivity contribution >= 4 is 11.9 Å². The average Bonchev–Trinajstić information content (AvgIpc) is 2.35. The molecule has 2 N–H and O–H groups in total. The summed E-state index contributed by atoms with van der Waals surface area (Å²) in [6.07, 6.45) is -5.42. The van der Waals surface area contributed by atoms with Crippen LogP contribution in [0.3, 0.4) is 0 Å². The Morgan fingerprint density at radius 1 is 1.35 bits per heavy atom. The second-order valence-corrected chi connectivity index (χ2v) is 4.13. The van der Waals surface area contributed by atoms with E-state index < -0.39 is 42.6 Å². The Morgan fingerprint density at radius 3 is 2.50 bits per heavy atom. The van der Waals surface area contributed by atoms with E-state index >= 15 is 0 Å². The van der Waals surface area contributed by atoms with Gasteiger partial charge in [-0.3, -0.25) is 9.59 Å². The number of ether oxygens (including phenoxy) is 3. The van der Waals surface area contributed by atoms with Gasteiger partial charge in [0.25, 0.3) is 0 Å². The number of carbonyl (C=O) groups is 2. The molecule has 0 aromatic heterocycles. The van der Waals surface area contributed by atoms with Crippen LogP contribution in [-0.4, -0.2) is 59.4 Å². The van der Waals surface area contributed by atoms with Crippen LogP contribution in [0, 0.1) is 0 Å². The molecule has 1 fully saturated rings. The highest BCUT2D eigenvalue weighted by atomic mass is 16.6. The van der Waals surface area contributed by atoms with Gasteiger partial charge in [0.15, 0.2) is 6.29 Å². The topological polar surface area (TPSA) is 151 Å². The molecule has 1 rings (SSSR count). The standard InChI is InChI=1S/C10H15N3O7/c1-4(14)18-3-6-8(16)9(19-5(2)15)7(12-13-11)10(17)20-6/h6-10,16-17H,3H2,1-2H3/t6-,7-,8-,9-,10+/m1/s1. The fourth-order valence-corrected chi connectivity index (χ4v) is 1.77. The van der Waals surface area contributed by atoms with Crippen LogP contribution in [0.5, 0.6) is 0 Å². The van der Waals surface area contributed by atoms with Gasteiger partial charge < -0.3 is 24.4 Å². The lowest BCUT2D eigenvalue weighted by molar-refractivity contribution is -0.255. The molecule has 0 saturated carbocycles. The summed E-state index contributed by atoms with van der Waals surface area (Å²) in [6, 6.07) is -1.30. The Hall–Kier alpha value is -1.87. The lowest BCUT2D eigenvalue weighted by Gasteiger charge is -2.40. The predicted molar refractivity (Wildman–Crippen MR) is 62.0 cm³/mol. The second kappa shape index (κ2) is 7.06. The van der Waals surface area contributed by atoms with Crippen molar-refractivity contribution in [1.29, 1.82) is 0 Å². The van der Waals surface area contributed by atoms with Gasteiger partial charge in [0, 0.05) is 18.8 Å². The van der Waals surface area contributed by atoms with Crippen LogP contribution in [-0.2, 0) is 23.8 Å². The molecule has 112 valence electrons. The van der Waals surface area contributed by atoms with E-state index in [1.165, 1.54) is 0 Å². The zero-order valence-electron chi connectivity index (χ0n) is 10.9. The van der Waals surface area contributed by atoms with Crippen molar-refractivity contribution < 1.29 is 34.0 Å². The second-order valence-electron chi connectivity index (χ2n) is 4.13. The minimum Gasteiger partial charge on any atom is -0.463 e. The zero-order chi connectivity index (χ0) is 15.3. The van der Waals surface area contributed by atoms with Gasteiger partial charge in [-0.1, -0.05) is 5.11 Å². The first-order chi connectivity index (χ1) is 9.36. The maximum Gasteiger partial charge on any atom is 0.303 e. The van der Waals surface area contributed by atoms with Gasteiger partial charge in [-0.05, 0) is 5.53 Å². The molecule has 0 radical (unpaired) electrons. The largest absolute Gasteiger partial charge is 0.463 e. The van der Waals surface area contributed by atoms with E-state index in [1.807, 2.05) is 0 Å². The highest BCUT2D eigenvalue weighted by molar-refractivity contribution is 5.66. The number of carbonyl (C=O) groups excluding carboxylic acids is 2. The summed E-state index contributed by atoms with van der Waals surface area (Å²) in [5, 5.41) is 23.0. The van der Waals surface area contributed by atoms with E-state index in [2.05, 4.69) is 14.8 Å². The molecule has 5 atom stereocenters. The molecular formula is C10H15N3O7. The van der Waals surface area contributed by atoms with Gasteiger partial charge in [-0.25, -0.2) is 0 Å². The number of esters is 2. The van der Waals surface area contributed by atoms with Gasteiger partial charge in [-0.2, -0.15) is 0 Å². The predicted octanol–water partition coefficient (Wildman–Crippen LogP) is -0.762. The summed E-state index contributed by atoms with van der Waals surface area (Å²) in [4.78, 5) is 24.2. The van der Waals surface area contributed by atoms with E-state index in [1.54, 1.807) is 0 Å². The Kier molecular flexibility index (Phi) is 5.71. The molecule has 1 heterocycles. The lowest BCUT2D eigenvalue weighted by Crippen LogP contribution is -2.59. The first kappa shape index (κ1) is 16.2. The van der Waals surface area contributed by atoms with E-state index in [9.17, 15) is 19.8 Å². The average molecular weight is 289 g/mol. The summed E-state index contributed by atoms with van der Waals surface area (Å²) >= 11 is 0. The van der Waals surface area contributed by atoms with E-state index in [0.29, 0.717) is 0 Å². The van der Waals surface area contributed by atoms with Crippen LogP contribution >= 0.6 is 0 Å². The summed E-state index contributed by atoms with van der Waals surface area (Å²) < 4.78 is 14.5. The first-order valence-electron chi connectivity index (χ1n) is 5.73. The number of hydrogen-bond donors (Lipinski definition) is 2. The summed E-state index contributed by atoms with van der Waals surface area (Å²) in [6.45, 7) is 1.93. The molecule has 0 amide bonds. The Labute approximate surface area is 113 Å². The van der Waals surface area contributed by atoms with Gasteiger partial charge in [-0.15, -0.1) is 0 Å². The van der Waals surface area contributed by atoms with Crippen molar-refractivity contribution in [1.82, 2.24) is 0 Å². The number of aliphatic hydroxyl groups excluding tert-OH is 2. The highest BCUT2D eigenvalue weighted by Crippen LogP contribution is 2.25. The molecule has 0 bridgehead atoms. The molecule has 1 aliphatic heterocycles. The molecule has 0 aromatic rings. The van der Waals surface area contributed by atoms with E-state index in [0.717, 1.165) is 13.8 Å². The smallest absolute Gasteiger partial charge is 0.303 e.